The second-order valence-corrected chi connectivity index (χ2v) is 6.11. The minimum absolute atomic E-state index is 0.446. The zero-order valence-corrected chi connectivity index (χ0v) is 13.3. The van der Waals surface area contributed by atoms with E-state index in [2.05, 4.69) is 72.8 Å². The Hall–Kier alpha value is -2.54. The summed E-state index contributed by atoms with van der Waals surface area (Å²) >= 11 is 0. The van der Waals surface area contributed by atoms with Crippen molar-refractivity contribution in [1.82, 2.24) is 0 Å². The molecule has 23 heavy (non-hydrogen) atoms. The van der Waals surface area contributed by atoms with Gasteiger partial charge < -0.3 is 4.74 Å². The lowest BCUT2D eigenvalue weighted by atomic mass is 9.89. The Labute approximate surface area is 137 Å². The molecule has 2 atom stereocenters. The fraction of sp³-hybridized carbons (Fsp3) is 0.182. The van der Waals surface area contributed by atoms with Gasteiger partial charge >= 0.3 is 0 Å². The third-order valence-electron chi connectivity index (χ3n) is 4.82. The molecular formula is C22H20O. The van der Waals surface area contributed by atoms with Crippen molar-refractivity contribution in [3.8, 4) is 5.75 Å². The molecule has 2 aromatic carbocycles. The topological polar surface area (TPSA) is 9.23 Å². The molecule has 0 N–H and O–H groups in total. The molecule has 0 saturated carbocycles. The van der Waals surface area contributed by atoms with Gasteiger partial charge in [-0.2, -0.15) is 0 Å². The van der Waals surface area contributed by atoms with Gasteiger partial charge in [0, 0.05) is 17.4 Å². The largest absolute Gasteiger partial charge is 0.496 e. The third-order valence-corrected chi connectivity index (χ3v) is 4.82. The Balaban J connectivity index is 1.98. The van der Waals surface area contributed by atoms with Gasteiger partial charge in [-0.25, -0.2) is 0 Å². The number of ether oxygens (including phenoxy) is 1. The maximum Gasteiger partial charge on any atom is 0.126 e. The van der Waals surface area contributed by atoms with E-state index in [1.807, 2.05) is 6.07 Å². The summed E-state index contributed by atoms with van der Waals surface area (Å²) in [4.78, 5) is 0. The number of hydrogen-bond acceptors (Lipinski definition) is 1. The van der Waals surface area contributed by atoms with Gasteiger partial charge in [0.15, 0.2) is 0 Å². The van der Waals surface area contributed by atoms with Crippen LogP contribution in [0, 0.1) is 11.8 Å². The molecule has 0 amide bonds. The van der Waals surface area contributed by atoms with Crippen molar-refractivity contribution >= 4 is 11.1 Å². The summed E-state index contributed by atoms with van der Waals surface area (Å²) in [6.07, 6.45) is 10.2. The highest BCUT2D eigenvalue weighted by Crippen LogP contribution is 2.51. The van der Waals surface area contributed by atoms with Crippen LogP contribution in [0.5, 0.6) is 5.75 Å². The van der Waals surface area contributed by atoms with Gasteiger partial charge in [-0.3, -0.25) is 0 Å². The van der Waals surface area contributed by atoms with Crippen LogP contribution in [0.1, 0.15) is 17.5 Å². The monoisotopic (exact) mass is 300 g/mol. The Bertz CT molecular complexity index is 796. The number of allylic oxidation sites excluding steroid dienone is 6. The number of benzene rings is 2. The minimum atomic E-state index is 0.446. The van der Waals surface area contributed by atoms with Crippen LogP contribution in [0.2, 0.25) is 0 Å². The van der Waals surface area contributed by atoms with Crippen LogP contribution in [0.4, 0.5) is 0 Å². The first kappa shape index (κ1) is 14.1. The second kappa shape index (κ2) is 5.92. The standard InChI is InChI=1S/C22H20O/c1-23-20-14-8-7-13-19(20)22-18-12-6-5-11-17(15-18)21(22)16-9-3-2-4-10-16/h2-14,17-18H,15H2,1H3/t17-,18?/m1/s1. The van der Waals surface area contributed by atoms with E-state index >= 15 is 0 Å². The molecule has 4 rings (SSSR count). The quantitative estimate of drug-likeness (QED) is 0.740. The summed E-state index contributed by atoms with van der Waals surface area (Å²) in [6, 6.07) is 19.1. The second-order valence-electron chi connectivity index (χ2n) is 6.11. The highest BCUT2D eigenvalue weighted by molar-refractivity contribution is 5.98. The number of fused-ring (bicyclic) bond motifs is 2. The van der Waals surface area contributed by atoms with Crippen molar-refractivity contribution < 1.29 is 4.74 Å². The maximum absolute atomic E-state index is 5.65. The molecule has 0 aromatic heterocycles. The van der Waals surface area contributed by atoms with Gasteiger partial charge in [0.05, 0.1) is 7.11 Å². The molecule has 0 spiro atoms. The molecule has 2 aliphatic rings. The van der Waals surface area contributed by atoms with E-state index in [0.29, 0.717) is 11.8 Å². The number of hydrogen-bond donors (Lipinski definition) is 0. The predicted molar refractivity (Wildman–Crippen MR) is 96.1 cm³/mol. The fourth-order valence-corrected chi connectivity index (χ4v) is 3.85. The van der Waals surface area contributed by atoms with Crippen molar-refractivity contribution in [2.75, 3.05) is 7.11 Å². The molecule has 114 valence electrons. The lowest BCUT2D eigenvalue weighted by Crippen LogP contribution is -1.99. The molecule has 0 heterocycles. The van der Waals surface area contributed by atoms with E-state index in [1.165, 1.54) is 22.3 Å². The molecule has 1 heteroatoms. The van der Waals surface area contributed by atoms with Crippen molar-refractivity contribution in [2.45, 2.75) is 6.42 Å². The molecule has 1 unspecified atom stereocenters. The summed E-state index contributed by atoms with van der Waals surface area (Å²) in [7, 11) is 1.75. The maximum atomic E-state index is 5.65. The first-order valence-corrected chi connectivity index (χ1v) is 8.16. The van der Waals surface area contributed by atoms with Crippen molar-refractivity contribution in [1.29, 1.82) is 0 Å². The van der Waals surface area contributed by atoms with Crippen LogP contribution in [0.15, 0.2) is 78.9 Å². The number of rotatable bonds is 3. The van der Waals surface area contributed by atoms with E-state index in [0.717, 1.165) is 12.2 Å². The average molecular weight is 300 g/mol. The van der Waals surface area contributed by atoms with E-state index in [4.69, 9.17) is 4.74 Å². The molecule has 0 radical (unpaired) electrons. The minimum Gasteiger partial charge on any atom is -0.496 e. The Morgan fingerprint density at radius 3 is 2.17 bits per heavy atom. The van der Waals surface area contributed by atoms with Crippen molar-refractivity contribution in [3.05, 3.63) is 90.0 Å². The summed E-state index contributed by atoms with van der Waals surface area (Å²) in [5.74, 6) is 1.87. The lowest BCUT2D eigenvalue weighted by molar-refractivity contribution is 0.413. The van der Waals surface area contributed by atoms with Gasteiger partial charge in [0.25, 0.3) is 0 Å². The Kier molecular flexibility index (Phi) is 3.63. The van der Waals surface area contributed by atoms with Crippen LogP contribution >= 0.6 is 0 Å². The van der Waals surface area contributed by atoms with Crippen LogP contribution in [0.3, 0.4) is 0 Å². The van der Waals surface area contributed by atoms with Crippen LogP contribution in [-0.4, -0.2) is 7.11 Å². The molecule has 0 aliphatic heterocycles. The Morgan fingerprint density at radius 2 is 1.43 bits per heavy atom. The first-order chi connectivity index (χ1) is 11.4. The molecule has 2 bridgehead atoms. The van der Waals surface area contributed by atoms with Gasteiger partial charge in [-0.05, 0) is 29.2 Å². The highest BCUT2D eigenvalue weighted by atomic mass is 16.5. The van der Waals surface area contributed by atoms with Crippen LogP contribution in [-0.2, 0) is 0 Å². The van der Waals surface area contributed by atoms with E-state index in [1.54, 1.807) is 7.11 Å². The number of para-hydroxylation sites is 1. The van der Waals surface area contributed by atoms with Gasteiger partial charge in [0.1, 0.15) is 5.75 Å². The first-order valence-electron chi connectivity index (χ1n) is 8.16. The van der Waals surface area contributed by atoms with E-state index < -0.39 is 0 Å². The molecule has 0 fully saturated rings. The third kappa shape index (κ3) is 2.43. The molecule has 2 aromatic rings. The fourth-order valence-electron chi connectivity index (χ4n) is 3.85. The van der Waals surface area contributed by atoms with Crippen molar-refractivity contribution in [2.24, 2.45) is 11.8 Å². The van der Waals surface area contributed by atoms with Gasteiger partial charge in [-0.15, -0.1) is 0 Å². The summed E-state index contributed by atoms with van der Waals surface area (Å²) in [5.41, 5.74) is 5.40. The highest BCUT2D eigenvalue weighted by Gasteiger charge is 2.34. The van der Waals surface area contributed by atoms with E-state index in [9.17, 15) is 0 Å². The SMILES string of the molecule is COc1ccccc1C1=C(c2ccccc2)[C@@H]2C=CC=CC1C2. The smallest absolute Gasteiger partial charge is 0.126 e. The van der Waals surface area contributed by atoms with Gasteiger partial charge in [0.2, 0.25) is 0 Å². The van der Waals surface area contributed by atoms with Crippen molar-refractivity contribution in [3.63, 3.8) is 0 Å². The summed E-state index contributed by atoms with van der Waals surface area (Å²) < 4.78 is 5.65. The predicted octanol–water partition coefficient (Wildman–Crippen LogP) is 5.37. The molecule has 2 aliphatic carbocycles. The average Bonchev–Trinajstić information content (AvgIpc) is 2.78. The molecular weight excluding hydrogens is 280 g/mol. The normalized spacial score (nSPS) is 22.3. The zero-order chi connectivity index (χ0) is 15.6. The lowest BCUT2D eigenvalue weighted by Gasteiger charge is -2.17. The van der Waals surface area contributed by atoms with Crippen LogP contribution < -0.4 is 4.74 Å². The Morgan fingerprint density at radius 1 is 0.783 bits per heavy atom. The van der Waals surface area contributed by atoms with Gasteiger partial charge in [-0.1, -0.05) is 72.8 Å². The van der Waals surface area contributed by atoms with Crippen LogP contribution in [0.25, 0.3) is 11.1 Å². The molecule has 1 nitrogen and oxygen atoms in total. The summed E-state index contributed by atoms with van der Waals surface area (Å²) in [6.45, 7) is 0. The number of methoxy groups -OCH3 is 1. The zero-order valence-electron chi connectivity index (χ0n) is 13.3. The van der Waals surface area contributed by atoms with E-state index in [-0.39, 0.29) is 0 Å². The molecule has 0 saturated heterocycles. The summed E-state index contributed by atoms with van der Waals surface area (Å²) in [5, 5.41) is 0.